The van der Waals surface area contributed by atoms with E-state index in [0.29, 0.717) is 13.1 Å². The number of benzene rings is 2. The normalized spacial score (nSPS) is 13.4. The SMILES string of the molecule is O=C1c2ccccc2CN1Cc1ccc([N+](=O)[O-])cc1. The molecule has 0 N–H and O–H groups in total. The minimum atomic E-state index is -0.430. The van der Waals surface area contributed by atoms with E-state index in [2.05, 4.69) is 0 Å². The molecule has 0 unspecified atom stereocenters. The Morgan fingerprint density at radius 3 is 2.45 bits per heavy atom. The largest absolute Gasteiger partial charge is 0.330 e. The molecule has 5 nitrogen and oxygen atoms in total. The summed E-state index contributed by atoms with van der Waals surface area (Å²) in [4.78, 5) is 24.1. The van der Waals surface area contributed by atoms with Crippen LogP contribution in [0.3, 0.4) is 0 Å². The van der Waals surface area contributed by atoms with Crippen molar-refractivity contribution in [2.75, 3.05) is 0 Å². The van der Waals surface area contributed by atoms with Gasteiger partial charge >= 0.3 is 0 Å². The summed E-state index contributed by atoms with van der Waals surface area (Å²) in [5.41, 5.74) is 2.72. The predicted octanol–water partition coefficient (Wildman–Crippen LogP) is 2.75. The van der Waals surface area contributed by atoms with Gasteiger partial charge in [0.25, 0.3) is 11.6 Å². The van der Waals surface area contributed by atoms with Gasteiger partial charge in [-0.1, -0.05) is 30.3 Å². The maximum absolute atomic E-state index is 12.2. The molecular formula is C15H12N2O3. The van der Waals surface area contributed by atoms with Crippen LogP contribution in [0.1, 0.15) is 21.5 Å². The second kappa shape index (κ2) is 4.77. The zero-order valence-corrected chi connectivity index (χ0v) is 10.7. The number of rotatable bonds is 3. The fourth-order valence-corrected chi connectivity index (χ4v) is 2.39. The third kappa shape index (κ3) is 2.14. The van der Waals surface area contributed by atoms with Gasteiger partial charge in [-0.2, -0.15) is 0 Å². The average molecular weight is 268 g/mol. The third-order valence-electron chi connectivity index (χ3n) is 3.42. The third-order valence-corrected chi connectivity index (χ3v) is 3.42. The van der Waals surface area contributed by atoms with E-state index in [0.717, 1.165) is 16.7 Å². The maximum atomic E-state index is 12.2. The summed E-state index contributed by atoms with van der Waals surface area (Å²) in [7, 11) is 0. The smallest absolute Gasteiger partial charge is 0.269 e. The van der Waals surface area contributed by atoms with Gasteiger partial charge in [-0.15, -0.1) is 0 Å². The van der Waals surface area contributed by atoms with Gasteiger partial charge in [-0.3, -0.25) is 14.9 Å². The van der Waals surface area contributed by atoms with Gasteiger partial charge in [0.1, 0.15) is 0 Å². The maximum Gasteiger partial charge on any atom is 0.269 e. The highest BCUT2D eigenvalue weighted by molar-refractivity contribution is 5.98. The topological polar surface area (TPSA) is 63.5 Å². The molecule has 1 heterocycles. The second-order valence-electron chi connectivity index (χ2n) is 4.74. The number of fused-ring (bicyclic) bond motifs is 1. The number of hydrogen-bond donors (Lipinski definition) is 0. The van der Waals surface area contributed by atoms with Crippen LogP contribution in [0.5, 0.6) is 0 Å². The molecule has 0 atom stereocenters. The van der Waals surface area contributed by atoms with Crippen molar-refractivity contribution in [1.29, 1.82) is 0 Å². The van der Waals surface area contributed by atoms with Gasteiger partial charge < -0.3 is 4.90 Å². The first-order valence-corrected chi connectivity index (χ1v) is 6.25. The fourth-order valence-electron chi connectivity index (χ4n) is 2.39. The van der Waals surface area contributed by atoms with Gasteiger partial charge in [-0.05, 0) is 17.2 Å². The predicted molar refractivity (Wildman–Crippen MR) is 73.1 cm³/mol. The number of hydrogen-bond acceptors (Lipinski definition) is 3. The molecule has 3 rings (SSSR count). The molecule has 0 spiro atoms. The van der Waals surface area contributed by atoms with E-state index in [-0.39, 0.29) is 11.6 Å². The van der Waals surface area contributed by atoms with Crippen molar-refractivity contribution in [2.45, 2.75) is 13.1 Å². The second-order valence-corrected chi connectivity index (χ2v) is 4.74. The lowest BCUT2D eigenvalue weighted by Crippen LogP contribution is -2.23. The van der Waals surface area contributed by atoms with E-state index >= 15 is 0 Å². The Hall–Kier alpha value is -2.69. The minimum absolute atomic E-state index is 0.0129. The lowest BCUT2D eigenvalue weighted by Gasteiger charge is -2.15. The molecule has 2 aromatic carbocycles. The fraction of sp³-hybridized carbons (Fsp3) is 0.133. The zero-order valence-electron chi connectivity index (χ0n) is 10.7. The summed E-state index contributed by atoms with van der Waals surface area (Å²) >= 11 is 0. The van der Waals surface area contributed by atoms with Gasteiger partial charge in [0.05, 0.1) is 4.92 Å². The first kappa shape index (κ1) is 12.3. The Labute approximate surface area is 115 Å². The highest BCUT2D eigenvalue weighted by Crippen LogP contribution is 2.24. The van der Waals surface area contributed by atoms with Crippen molar-refractivity contribution in [1.82, 2.24) is 4.90 Å². The van der Waals surface area contributed by atoms with Crippen molar-refractivity contribution >= 4 is 11.6 Å². The quantitative estimate of drug-likeness (QED) is 0.635. The molecule has 5 heteroatoms. The molecule has 0 saturated carbocycles. The van der Waals surface area contributed by atoms with Crippen LogP contribution >= 0.6 is 0 Å². The van der Waals surface area contributed by atoms with Crippen LogP contribution < -0.4 is 0 Å². The summed E-state index contributed by atoms with van der Waals surface area (Å²) in [6.07, 6.45) is 0. The summed E-state index contributed by atoms with van der Waals surface area (Å²) in [5.74, 6) is 0.0129. The molecule has 0 fully saturated rings. The van der Waals surface area contributed by atoms with Crippen LogP contribution in [0.2, 0.25) is 0 Å². The average Bonchev–Trinajstić information content (AvgIpc) is 2.77. The minimum Gasteiger partial charge on any atom is -0.330 e. The number of carbonyl (C=O) groups excluding carboxylic acids is 1. The van der Waals surface area contributed by atoms with E-state index in [1.165, 1.54) is 12.1 Å². The Morgan fingerprint density at radius 1 is 1.10 bits per heavy atom. The molecule has 0 saturated heterocycles. The zero-order chi connectivity index (χ0) is 14.1. The Balaban J connectivity index is 1.77. The first-order chi connectivity index (χ1) is 9.65. The molecule has 100 valence electrons. The van der Waals surface area contributed by atoms with E-state index in [9.17, 15) is 14.9 Å². The van der Waals surface area contributed by atoms with Crippen LogP contribution in [0, 0.1) is 10.1 Å². The number of amides is 1. The van der Waals surface area contributed by atoms with Crippen LogP contribution in [0.15, 0.2) is 48.5 Å². The van der Waals surface area contributed by atoms with E-state index < -0.39 is 4.92 Å². The molecule has 2 aromatic rings. The molecule has 0 aliphatic carbocycles. The summed E-state index contributed by atoms with van der Waals surface area (Å²) in [6.45, 7) is 1.05. The molecule has 0 aromatic heterocycles. The Morgan fingerprint density at radius 2 is 1.80 bits per heavy atom. The molecule has 1 aliphatic rings. The van der Waals surface area contributed by atoms with Gasteiger partial charge in [0, 0.05) is 30.8 Å². The standard InChI is InChI=1S/C15H12N2O3/c18-15-14-4-2-1-3-12(14)10-16(15)9-11-5-7-13(8-6-11)17(19)20/h1-8H,9-10H2. The summed E-state index contributed by atoms with van der Waals surface area (Å²) in [6, 6.07) is 13.8. The number of nitro groups is 1. The van der Waals surface area contributed by atoms with Crippen molar-refractivity contribution in [2.24, 2.45) is 0 Å². The first-order valence-electron chi connectivity index (χ1n) is 6.25. The lowest BCUT2D eigenvalue weighted by molar-refractivity contribution is -0.384. The van der Waals surface area contributed by atoms with Gasteiger partial charge in [-0.25, -0.2) is 0 Å². The molecule has 20 heavy (non-hydrogen) atoms. The van der Waals surface area contributed by atoms with Crippen molar-refractivity contribution in [3.05, 3.63) is 75.3 Å². The number of carbonyl (C=O) groups is 1. The molecule has 1 amide bonds. The van der Waals surface area contributed by atoms with Crippen LogP contribution in [0.25, 0.3) is 0 Å². The van der Waals surface area contributed by atoms with Crippen molar-refractivity contribution < 1.29 is 9.72 Å². The van der Waals surface area contributed by atoms with E-state index in [1.807, 2.05) is 24.3 Å². The monoisotopic (exact) mass is 268 g/mol. The lowest BCUT2D eigenvalue weighted by atomic mass is 10.1. The number of non-ortho nitro benzene ring substituents is 1. The summed E-state index contributed by atoms with van der Waals surface area (Å²) < 4.78 is 0. The van der Waals surface area contributed by atoms with Crippen LogP contribution in [0.4, 0.5) is 5.69 Å². The van der Waals surface area contributed by atoms with Gasteiger partial charge in [0.15, 0.2) is 0 Å². The highest BCUT2D eigenvalue weighted by atomic mass is 16.6. The summed E-state index contributed by atoms with van der Waals surface area (Å²) in [5, 5.41) is 10.6. The molecule has 0 bridgehead atoms. The van der Waals surface area contributed by atoms with Crippen molar-refractivity contribution in [3.8, 4) is 0 Å². The molecular weight excluding hydrogens is 256 g/mol. The van der Waals surface area contributed by atoms with E-state index in [4.69, 9.17) is 0 Å². The van der Waals surface area contributed by atoms with Gasteiger partial charge in [0.2, 0.25) is 0 Å². The highest BCUT2D eigenvalue weighted by Gasteiger charge is 2.26. The number of nitrogens with zero attached hydrogens (tertiary/aromatic N) is 2. The Kier molecular flexibility index (Phi) is 2.95. The molecule has 0 radical (unpaired) electrons. The number of nitro benzene ring substituents is 1. The van der Waals surface area contributed by atoms with Crippen LogP contribution in [-0.4, -0.2) is 15.7 Å². The molecule has 1 aliphatic heterocycles. The van der Waals surface area contributed by atoms with Crippen molar-refractivity contribution in [3.63, 3.8) is 0 Å². The van der Waals surface area contributed by atoms with E-state index in [1.54, 1.807) is 17.0 Å². The van der Waals surface area contributed by atoms with Crippen LogP contribution in [-0.2, 0) is 13.1 Å². The Bertz CT molecular complexity index is 680.